The third kappa shape index (κ3) is 1.59. The van der Waals surface area contributed by atoms with Gasteiger partial charge >= 0.3 is 0 Å². The third-order valence-electron chi connectivity index (χ3n) is 2.16. The summed E-state index contributed by atoms with van der Waals surface area (Å²) >= 11 is 0. The molecular weight excluding hydrogens is 186 g/mol. The van der Waals surface area contributed by atoms with Crippen LogP contribution in [0.4, 0.5) is 0 Å². The lowest BCUT2D eigenvalue weighted by molar-refractivity contribution is 1.46. The average Bonchev–Trinajstić information content (AvgIpc) is 2.69. The molecule has 0 aliphatic heterocycles. The molecule has 0 fully saturated rings. The molecule has 1 heterocycles. The van der Waals surface area contributed by atoms with E-state index in [1.807, 2.05) is 36.4 Å². The van der Waals surface area contributed by atoms with Crippen LogP contribution in [0.15, 0.2) is 36.0 Å². The van der Waals surface area contributed by atoms with Gasteiger partial charge in [0, 0.05) is 22.7 Å². The molecule has 0 saturated heterocycles. The fraction of sp³-hybridized carbons (Fsp3) is 0. The standard InChI is InChI=1S/C12H7N3/c13-6-9(7-14)5-10-8-15-12-4-2-1-3-11(10)12/h1-5,8,15H. The quantitative estimate of drug-likeness (QED) is 0.707. The van der Waals surface area contributed by atoms with Gasteiger partial charge in [0.15, 0.2) is 0 Å². The molecule has 0 unspecified atom stereocenters. The molecule has 70 valence electrons. The molecule has 1 N–H and O–H groups in total. The number of aromatic nitrogens is 1. The SMILES string of the molecule is N#CC(C#N)=Cc1c[nH]c2ccccc12. The number of hydrogen-bond acceptors (Lipinski definition) is 2. The Hall–Kier alpha value is -2.52. The Bertz CT molecular complexity index is 590. The van der Waals surface area contributed by atoms with Crippen molar-refractivity contribution >= 4 is 17.0 Å². The molecule has 2 rings (SSSR count). The number of nitriles is 2. The van der Waals surface area contributed by atoms with Gasteiger partial charge < -0.3 is 4.98 Å². The first-order valence-corrected chi connectivity index (χ1v) is 4.43. The minimum absolute atomic E-state index is 0.111. The zero-order valence-corrected chi connectivity index (χ0v) is 7.86. The van der Waals surface area contributed by atoms with Gasteiger partial charge in [0.25, 0.3) is 0 Å². The van der Waals surface area contributed by atoms with Gasteiger partial charge in [-0.1, -0.05) is 18.2 Å². The summed E-state index contributed by atoms with van der Waals surface area (Å²) in [5.74, 6) is 0. The molecule has 0 aliphatic rings. The molecule has 2 aromatic rings. The summed E-state index contributed by atoms with van der Waals surface area (Å²) in [4.78, 5) is 3.08. The summed E-state index contributed by atoms with van der Waals surface area (Å²) in [6.45, 7) is 0. The molecule has 1 aromatic heterocycles. The Balaban J connectivity index is 2.61. The highest BCUT2D eigenvalue weighted by Crippen LogP contribution is 2.19. The van der Waals surface area contributed by atoms with Crippen LogP contribution in [0.5, 0.6) is 0 Å². The predicted molar refractivity (Wildman–Crippen MR) is 57.5 cm³/mol. The molecule has 0 atom stereocenters. The van der Waals surface area contributed by atoms with Crippen LogP contribution < -0.4 is 0 Å². The fourth-order valence-corrected chi connectivity index (χ4v) is 1.46. The van der Waals surface area contributed by atoms with Gasteiger partial charge in [-0.05, 0) is 12.1 Å². The number of hydrogen-bond donors (Lipinski definition) is 1. The lowest BCUT2D eigenvalue weighted by atomic mass is 10.1. The van der Waals surface area contributed by atoms with E-state index in [4.69, 9.17) is 10.5 Å². The minimum atomic E-state index is 0.111. The van der Waals surface area contributed by atoms with E-state index in [-0.39, 0.29) is 5.57 Å². The number of nitrogens with one attached hydrogen (secondary N) is 1. The van der Waals surface area contributed by atoms with Gasteiger partial charge in [0.05, 0.1) is 0 Å². The molecule has 1 aromatic carbocycles. The molecule has 0 radical (unpaired) electrons. The van der Waals surface area contributed by atoms with Gasteiger partial charge in [-0.15, -0.1) is 0 Å². The number of benzene rings is 1. The normalized spacial score (nSPS) is 9.20. The number of allylic oxidation sites excluding steroid dienone is 1. The Kier molecular flexibility index (Phi) is 2.23. The van der Waals surface area contributed by atoms with Crippen molar-refractivity contribution in [2.75, 3.05) is 0 Å². The summed E-state index contributed by atoms with van der Waals surface area (Å²) in [7, 11) is 0. The molecule has 0 bridgehead atoms. The smallest absolute Gasteiger partial charge is 0.130 e. The highest BCUT2D eigenvalue weighted by Gasteiger charge is 2.01. The van der Waals surface area contributed by atoms with Crippen LogP contribution in [0.2, 0.25) is 0 Å². The highest BCUT2D eigenvalue weighted by molar-refractivity contribution is 5.89. The van der Waals surface area contributed by atoms with Gasteiger partial charge in [-0.25, -0.2) is 0 Å². The van der Waals surface area contributed by atoms with E-state index < -0.39 is 0 Å². The highest BCUT2D eigenvalue weighted by atomic mass is 14.7. The predicted octanol–water partition coefficient (Wildman–Crippen LogP) is 2.60. The minimum Gasteiger partial charge on any atom is -0.361 e. The van der Waals surface area contributed by atoms with Crippen molar-refractivity contribution in [1.82, 2.24) is 4.98 Å². The van der Waals surface area contributed by atoms with E-state index in [1.165, 1.54) is 0 Å². The number of para-hydroxylation sites is 1. The maximum atomic E-state index is 8.65. The molecule has 3 nitrogen and oxygen atoms in total. The van der Waals surface area contributed by atoms with Crippen LogP contribution >= 0.6 is 0 Å². The van der Waals surface area contributed by atoms with Crippen LogP contribution in [0.1, 0.15) is 5.56 Å². The van der Waals surface area contributed by atoms with Crippen molar-refractivity contribution in [3.05, 3.63) is 41.6 Å². The fourth-order valence-electron chi connectivity index (χ4n) is 1.46. The van der Waals surface area contributed by atoms with Crippen molar-refractivity contribution in [3.63, 3.8) is 0 Å². The zero-order chi connectivity index (χ0) is 10.7. The Morgan fingerprint density at radius 3 is 2.67 bits per heavy atom. The molecule has 0 saturated carbocycles. The molecule has 3 heteroatoms. The van der Waals surface area contributed by atoms with Crippen molar-refractivity contribution in [2.45, 2.75) is 0 Å². The Labute approximate surface area is 86.9 Å². The molecule has 15 heavy (non-hydrogen) atoms. The number of H-pyrrole nitrogens is 1. The lowest BCUT2D eigenvalue weighted by Gasteiger charge is -1.89. The van der Waals surface area contributed by atoms with E-state index >= 15 is 0 Å². The topological polar surface area (TPSA) is 63.4 Å². The lowest BCUT2D eigenvalue weighted by Crippen LogP contribution is -1.73. The van der Waals surface area contributed by atoms with E-state index in [0.29, 0.717) is 0 Å². The number of aromatic amines is 1. The molecule has 0 spiro atoms. The third-order valence-corrected chi connectivity index (χ3v) is 2.16. The first-order valence-electron chi connectivity index (χ1n) is 4.43. The summed E-state index contributed by atoms with van der Waals surface area (Å²) in [6, 6.07) is 11.4. The molecule has 0 amide bonds. The summed E-state index contributed by atoms with van der Waals surface area (Å²) in [6.07, 6.45) is 3.37. The van der Waals surface area contributed by atoms with Crippen LogP contribution in [0, 0.1) is 22.7 Å². The molecular formula is C12H7N3. The van der Waals surface area contributed by atoms with Crippen LogP contribution in [-0.4, -0.2) is 4.98 Å². The number of nitrogens with zero attached hydrogens (tertiary/aromatic N) is 2. The van der Waals surface area contributed by atoms with E-state index in [0.717, 1.165) is 16.5 Å². The van der Waals surface area contributed by atoms with Gasteiger partial charge in [-0.3, -0.25) is 0 Å². The first kappa shape index (κ1) is 9.05. The Morgan fingerprint density at radius 1 is 1.20 bits per heavy atom. The number of fused-ring (bicyclic) bond motifs is 1. The second-order valence-corrected chi connectivity index (χ2v) is 3.07. The second-order valence-electron chi connectivity index (χ2n) is 3.07. The maximum absolute atomic E-state index is 8.65. The van der Waals surface area contributed by atoms with Crippen molar-refractivity contribution in [3.8, 4) is 12.1 Å². The van der Waals surface area contributed by atoms with Gasteiger partial charge in [-0.2, -0.15) is 10.5 Å². The number of rotatable bonds is 1. The first-order chi connectivity index (χ1) is 7.35. The van der Waals surface area contributed by atoms with Crippen LogP contribution in [0.25, 0.3) is 17.0 Å². The van der Waals surface area contributed by atoms with Crippen LogP contribution in [0.3, 0.4) is 0 Å². The summed E-state index contributed by atoms with van der Waals surface area (Å²) < 4.78 is 0. The Morgan fingerprint density at radius 2 is 1.93 bits per heavy atom. The summed E-state index contributed by atoms with van der Waals surface area (Å²) in [5.41, 5.74) is 1.97. The van der Waals surface area contributed by atoms with Gasteiger partial charge in [0.1, 0.15) is 17.7 Å². The second kappa shape index (κ2) is 3.69. The van der Waals surface area contributed by atoms with Crippen molar-refractivity contribution < 1.29 is 0 Å². The maximum Gasteiger partial charge on any atom is 0.130 e. The van der Waals surface area contributed by atoms with Crippen molar-refractivity contribution in [2.24, 2.45) is 0 Å². The van der Waals surface area contributed by atoms with Crippen LogP contribution in [-0.2, 0) is 0 Å². The summed E-state index contributed by atoms with van der Waals surface area (Å²) in [5, 5.41) is 18.3. The van der Waals surface area contributed by atoms with E-state index in [1.54, 1.807) is 12.3 Å². The average molecular weight is 193 g/mol. The largest absolute Gasteiger partial charge is 0.361 e. The van der Waals surface area contributed by atoms with Gasteiger partial charge in [0.2, 0.25) is 0 Å². The van der Waals surface area contributed by atoms with E-state index in [9.17, 15) is 0 Å². The molecule has 0 aliphatic carbocycles. The van der Waals surface area contributed by atoms with Crippen molar-refractivity contribution in [1.29, 1.82) is 10.5 Å². The monoisotopic (exact) mass is 193 g/mol. The van der Waals surface area contributed by atoms with E-state index in [2.05, 4.69) is 4.98 Å². The zero-order valence-electron chi connectivity index (χ0n) is 7.86.